The van der Waals surface area contributed by atoms with Crippen LogP contribution in [0.25, 0.3) is 0 Å². The van der Waals surface area contributed by atoms with Gasteiger partial charge in [-0.05, 0) is 20.4 Å². The van der Waals surface area contributed by atoms with E-state index in [1.807, 2.05) is 6.92 Å². The minimum absolute atomic E-state index is 0.168. The minimum Gasteiger partial charge on any atom is -0.481 e. The van der Waals surface area contributed by atoms with Crippen molar-refractivity contribution >= 4 is 11.9 Å². The van der Waals surface area contributed by atoms with Gasteiger partial charge in [-0.25, -0.2) is 9.97 Å². The van der Waals surface area contributed by atoms with Crippen LogP contribution in [0.1, 0.15) is 29.8 Å². The van der Waals surface area contributed by atoms with Gasteiger partial charge in [0.05, 0.1) is 5.69 Å². The lowest BCUT2D eigenvalue weighted by Gasteiger charge is -2.25. The molecule has 1 aromatic heterocycles. The molecule has 0 bridgehead atoms. The quantitative estimate of drug-likeness (QED) is 0.774. The molecule has 1 aliphatic rings. The Bertz CT molecular complexity index is 476. The van der Waals surface area contributed by atoms with E-state index in [9.17, 15) is 4.79 Å². The number of nitrogens with one attached hydrogen (secondary N) is 1. The van der Waals surface area contributed by atoms with Crippen molar-refractivity contribution in [2.24, 2.45) is 0 Å². The van der Waals surface area contributed by atoms with Crippen molar-refractivity contribution in [1.29, 1.82) is 0 Å². The first-order valence-electron chi connectivity index (χ1n) is 6.57. The van der Waals surface area contributed by atoms with Gasteiger partial charge in [0, 0.05) is 43.7 Å². The van der Waals surface area contributed by atoms with Gasteiger partial charge >= 0.3 is 5.97 Å². The van der Waals surface area contributed by atoms with Gasteiger partial charge in [-0.2, -0.15) is 0 Å². The topological polar surface area (TPSA) is 78.3 Å². The van der Waals surface area contributed by atoms with Crippen LogP contribution in [-0.2, 0) is 17.8 Å². The number of carboxylic acids is 1. The first kappa shape index (κ1) is 13.7. The Labute approximate surface area is 112 Å². The number of nitrogens with zero attached hydrogens (tertiary/aromatic N) is 3. The van der Waals surface area contributed by atoms with Crippen LogP contribution in [0.5, 0.6) is 0 Å². The van der Waals surface area contributed by atoms with Gasteiger partial charge in [0.15, 0.2) is 0 Å². The predicted octanol–water partition coefficient (Wildman–Crippen LogP) is 1.05. The molecule has 0 amide bonds. The highest BCUT2D eigenvalue weighted by atomic mass is 16.4. The molecule has 19 heavy (non-hydrogen) atoms. The van der Waals surface area contributed by atoms with E-state index in [0.717, 1.165) is 30.9 Å². The molecule has 0 unspecified atom stereocenters. The summed E-state index contributed by atoms with van der Waals surface area (Å²) in [7, 11) is 2.10. The number of carbonyl (C=O) groups is 1. The van der Waals surface area contributed by atoms with E-state index >= 15 is 0 Å². The SMILES string of the molecule is Cc1nc(NCCCC(=O)O)nc2c1CN(C)CC2. The van der Waals surface area contributed by atoms with Crippen LogP contribution in [0.4, 0.5) is 5.95 Å². The molecule has 2 heterocycles. The molecule has 0 saturated carbocycles. The summed E-state index contributed by atoms with van der Waals surface area (Å²) in [6.45, 7) is 4.51. The summed E-state index contributed by atoms with van der Waals surface area (Å²) in [5.41, 5.74) is 3.36. The predicted molar refractivity (Wildman–Crippen MR) is 72.2 cm³/mol. The fourth-order valence-electron chi connectivity index (χ4n) is 2.23. The van der Waals surface area contributed by atoms with Crippen LogP contribution < -0.4 is 5.32 Å². The number of fused-ring (bicyclic) bond motifs is 1. The summed E-state index contributed by atoms with van der Waals surface area (Å²) in [6, 6.07) is 0. The summed E-state index contributed by atoms with van der Waals surface area (Å²) in [5.74, 6) is -0.154. The van der Waals surface area contributed by atoms with Crippen LogP contribution in [0.15, 0.2) is 0 Å². The second kappa shape index (κ2) is 5.97. The fraction of sp³-hybridized carbons (Fsp3) is 0.615. The van der Waals surface area contributed by atoms with Crippen molar-refractivity contribution in [3.63, 3.8) is 0 Å². The number of rotatable bonds is 5. The van der Waals surface area contributed by atoms with Gasteiger partial charge in [0.2, 0.25) is 5.95 Å². The highest BCUT2D eigenvalue weighted by molar-refractivity contribution is 5.66. The van der Waals surface area contributed by atoms with Crippen molar-refractivity contribution in [3.8, 4) is 0 Å². The number of hydrogen-bond acceptors (Lipinski definition) is 5. The summed E-state index contributed by atoms with van der Waals surface area (Å²) in [6.07, 6.45) is 1.69. The Morgan fingerprint density at radius 3 is 3.00 bits per heavy atom. The van der Waals surface area contributed by atoms with Gasteiger partial charge in [0.25, 0.3) is 0 Å². The van der Waals surface area contributed by atoms with Crippen LogP contribution in [0.2, 0.25) is 0 Å². The normalized spacial score (nSPS) is 15.1. The Hall–Kier alpha value is -1.69. The zero-order chi connectivity index (χ0) is 13.8. The van der Waals surface area contributed by atoms with Crippen molar-refractivity contribution in [2.45, 2.75) is 32.7 Å². The smallest absolute Gasteiger partial charge is 0.303 e. The van der Waals surface area contributed by atoms with Crippen LogP contribution in [-0.4, -0.2) is 46.1 Å². The first-order chi connectivity index (χ1) is 9.06. The molecule has 0 radical (unpaired) electrons. The van der Waals surface area contributed by atoms with Gasteiger partial charge in [-0.15, -0.1) is 0 Å². The highest BCUT2D eigenvalue weighted by Crippen LogP contribution is 2.20. The van der Waals surface area contributed by atoms with Crippen LogP contribution in [0.3, 0.4) is 0 Å². The zero-order valence-electron chi connectivity index (χ0n) is 11.4. The molecule has 0 aromatic carbocycles. The van der Waals surface area contributed by atoms with Gasteiger partial charge in [-0.1, -0.05) is 0 Å². The van der Waals surface area contributed by atoms with E-state index < -0.39 is 5.97 Å². The Balaban J connectivity index is 1.99. The third kappa shape index (κ3) is 3.64. The lowest BCUT2D eigenvalue weighted by molar-refractivity contribution is -0.137. The maximum absolute atomic E-state index is 10.4. The third-order valence-corrected chi connectivity index (χ3v) is 3.31. The molecule has 0 spiro atoms. The average molecular weight is 264 g/mol. The number of hydrogen-bond donors (Lipinski definition) is 2. The Morgan fingerprint density at radius 2 is 2.26 bits per heavy atom. The number of carboxylic acid groups (broad SMARTS) is 1. The molecule has 1 aromatic rings. The second-order valence-corrected chi connectivity index (χ2v) is 4.97. The third-order valence-electron chi connectivity index (χ3n) is 3.31. The molecule has 6 nitrogen and oxygen atoms in total. The van der Waals surface area contributed by atoms with E-state index in [4.69, 9.17) is 5.11 Å². The van der Waals surface area contributed by atoms with Gasteiger partial charge in [0.1, 0.15) is 0 Å². The van der Waals surface area contributed by atoms with Crippen LogP contribution in [0, 0.1) is 6.92 Å². The van der Waals surface area contributed by atoms with E-state index in [-0.39, 0.29) is 6.42 Å². The summed E-state index contributed by atoms with van der Waals surface area (Å²) < 4.78 is 0. The summed E-state index contributed by atoms with van der Waals surface area (Å²) >= 11 is 0. The lowest BCUT2D eigenvalue weighted by atomic mass is 10.1. The highest BCUT2D eigenvalue weighted by Gasteiger charge is 2.18. The lowest BCUT2D eigenvalue weighted by Crippen LogP contribution is -2.28. The fourth-order valence-corrected chi connectivity index (χ4v) is 2.23. The first-order valence-corrected chi connectivity index (χ1v) is 6.57. The molecule has 1 aliphatic heterocycles. The maximum Gasteiger partial charge on any atom is 0.303 e. The molecule has 0 saturated heterocycles. The molecule has 2 rings (SSSR count). The van der Waals surface area contributed by atoms with Crippen LogP contribution >= 0.6 is 0 Å². The molecular weight excluding hydrogens is 244 g/mol. The molecule has 6 heteroatoms. The van der Waals surface area contributed by atoms with Crippen molar-refractivity contribution < 1.29 is 9.90 Å². The largest absolute Gasteiger partial charge is 0.481 e. The van der Waals surface area contributed by atoms with Crippen molar-refractivity contribution in [1.82, 2.24) is 14.9 Å². The number of aromatic nitrogens is 2. The molecular formula is C13H20N4O2. The standard InChI is InChI=1S/C13H20N4O2/c1-9-10-8-17(2)7-5-11(10)16-13(15-9)14-6-3-4-12(18)19/h3-8H2,1-2H3,(H,18,19)(H,14,15,16). The minimum atomic E-state index is -0.771. The van der Waals surface area contributed by atoms with Crippen molar-refractivity contribution in [2.75, 3.05) is 25.5 Å². The number of aryl methyl sites for hydroxylation is 1. The monoisotopic (exact) mass is 264 g/mol. The van der Waals surface area contributed by atoms with Gasteiger partial charge in [-0.3, -0.25) is 4.79 Å². The summed E-state index contributed by atoms with van der Waals surface area (Å²) in [5, 5.41) is 11.7. The van der Waals surface area contributed by atoms with E-state index in [0.29, 0.717) is 18.9 Å². The number of anilines is 1. The number of likely N-dealkylation sites (N-methyl/N-ethyl adjacent to an activating group) is 1. The van der Waals surface area contributed by atoms with Crippen molar-refractivity contribution in [3.05, 3.63) is 17.0 Å². The zero-order valence-corrected chi connectivity index (χ0v) is 11.4. The molecule has 0 atom stereocenters. The molecule has 2 N–H and O–H groups in total. The maximum atomic E-state index is 10.4. The average Bonchev–Trinajstić information content (AvgIpc) is 2.35. The number of aliphatic carboxylic acids is 1. The molecule has 104 valence electrons. The molecule has 0 fully saturated rings. The Kier molecular flexibility index (Phi) is 4.31. The second-order valence-electron chi connectivity index (χ2n) is 4.97. The van der Waals surface area contributed by atoms with E-state index in [1.165, 1.54) is 5.56 Å². The van der Waals surface area contributed by atoms with Gasteiger partial charge < -0.3 is 15.3 Å². The van der Waals surface area contributed by atoms with E-state index in [1.54, 1.807) is 0 Å². The summed E-state index contributed by atoms with van der Waals surface area (Å²) in [4.78, 5) is 21.7. The van der Waals surface area contributed by atoms with E-state index in [2.05, 4.69) is 27.2 Å². The Morgan fingerprint density at radius 1 is 1.47 bits per heavy atom. The molecule has 0 aliphatic carbocycles.